The van der Waals surface area contributed by atoms with Crippen LogP contribution in [0.3, 0.4) is 0 Å². The maximum absolute atomic E-state index is 14.4. The highest BCUT2D eigenvalue weighted by molar-refractivity contribution is 5.79. The Labute approximate surface area is 284 Å². The number of hydrogen-bond acceptors (Lipinski definition) is 5. The lowest BCUT2D eigenvalue weighted by Crippen LogP contribution is -2.50. The summed E-state index contributed by atoms with van der Waals surface area (Å²) in [5, 5.41) is 7.97. The summed E-state index contributed by atoms with van der Waals surface area (Å²) in [7, 11) is 1.98. The van der Waals surface area contributed by atoms with Crippen LogP contribution in [-0.2, 0) is 30.8 Å². The number of hydrogen-bond donors (Lipinski definition) is 1. The summed E-state index contributed by atoms with van der Waals surface area (Å²) in [5.41, 5.74) is 3.46. The summed E-state index contributed by atoms with van der Waals surface area (Å²) < 4.78 is 21.8. The van der Waals surface area contributed by atoms with Gasteiger partial charge in [-0.25, -0.2) is 9.37 Å². The number of amides is 1. The number of likely N-dealkylation sites (tertiary alicyclic amines) is 1. The summed E-state index contributed by atoms with van der Waals surface area (Å²) in [4.78, 5) is 20.7. The molecule has 2 atom stereocenters. The standard InChI is InChI=1S/C40H50FN5O2/c1-42-37(25-32-14-18-38(19-15-32)48-27-33-8-4-2-5-9-33)26-34(24-31-12-16-36(41)17-13-31)39(47)45-22-20-40(21-23-45,28-46-30-43-29-44-46)35-10-6-3-7-11-35/h2,4-5,8-9,12-19,29-30,34-35,37,42H,3,6-7,10-11,20-28H2,1H3. The van der Waals surface area contributed by atoms with Gasteiger partial charge in [0.15, 0.2) is 0 Å². The number of ether oxygens (including phenoxy) is 1. The SMILES string of the molecule is CNC(Cc1ccc(OCc2ccccc2)cc1)CC(Cc1ccc(F)cc1)C(=O)N1CCC(Cn2cncn2)(C2CCCCC2)CC1. The number of carbonyl (C=O) groups excluding carboxylic acids is 1. The van der Waals surface area contributed by atoms with Crippen LogP contribution < -0.4 is 10.1 Å². The second-order valence-electron chi connectivity index (χ2n) is 14.0. The molecule has 4 aromatic rings. The molecule has 2 heterocycles. The van der Waals surface area contributed by atoms with Crippen molar-refractivity contribution in [2.24, 2.45) is 17.3 Å². The van der Waals surface area contributed by atoms with Gasteiger partial charge in [-0.1, -0.05) is 73.9 Å². The third-order valence-corrected chi connectivity index (χ3v) is 10.9. The molecule has 1 amide bonds. The van der Waals surface area contributed by atoms with E-state index in [9.17, 15) is 9.18 Å². The molecule has 254 valence electrons. The number of rotatable bonds is 14. The first-order valence-electron chi connectivity index (χ1n) is 17.8. The molecule has 2 unspecified atom stereocenters. The molecule has 0 spiro atoms. The molecule has 1 aliphatic carbocycles. The predicted molar refractivity (Wildman–Crippen MR) is 187 cm³/mol. The second kappa shape index (κ2) is 16.4. The van der Waals surface area contributed by atoms with Gasteiger partial charge in [-0.3, -0.25) is 9.48 Å². The number of nitrogens with zero attached hydrogens (tertiary/aromatic N) is 4. The van der Waals surface area contributed by atoms with Crippen LogP contribution in [0.15, 0.2) is 91.5 Å². The highest BCUT2D eigenvalue weighted by atomic mass is 19.1. The second-order valence-corrected chi connectivity index (χ2v) is 14.0. The van der Waals surface area contributed by atoms with E-state index >= 15 is 0 Å². The highest BCUT2D eigenvalue weighted by Crippen LogP contribution is 2.47. The Bertz CT molecular complexity index is 1530. The van der Waals surface area contributed by atoms with E-state index in [0.29, 0.717) is 25.4 Å². The first kappa shape index (κ1) is 33.8. The van der Waals surface area contributed by atoms with Gasteiger partial charge in [0, 0.05) is 31.6 Å². The van der Waals surface area contributed by atoms with Crippen LogP contribution in [-0.4, -0.2) is 51.8 Å². The van der Waals surface area contributed by atoms with Crippen molar-refractivity contribution in [1.82, 2.24) is 25.0 Å². The summed E-state index contributed by atoms with van der Waals surface area (Å²) >= 11 is 0. The van der Waals surface area contributed by atoms with Crippen molar-refractivity contribution in [2.45, 2.75) is 83.4 Å². The number of benzene rings is 3. The van der Waals surface area contributed by atoms with Crippen molar-refractivity contribution in [2.75, 3.05) is 20.1 Å². The zero-order chi connectivity index (χ0) is 33.2. The Hall–Kier alpha value is -4.04. The van der Waals surface area contributed by atoms with Crippen LogP contribution in [0.5, 0.6) is 5.75 Å². The molecule has 0 bridgehead atoms. The van der Waals surface area contributed by atoms with E-state index in [2.05, 4.69) is 44.6 Å². The van der Waals surface area contributed by atoms with Crippen LogP contribution in [0.2, 0.25) is 0 Å². The van der Waals surface area contributed by atoms with E-state index in [1.165, 1.54) is 49.8 Å². The molecule has 2 fully saturated rings. The zero-order valence-corrected chi connectivity index (χ0v) is 28.3. The minimum absolute atomic E-state index is 0.105. The van der Waals surface area contributed by atoms with Gasteiger partial charge in [-0.15, -0.1) is 0 Å². The molecule has 0 radical (unpaired) electrons. The Morgan fingerprint density at radius 3 is 2.27 bits per heavy atom. The van der Waals surface area contributed by atoms with Gasteiger partial charge < -0.3 is 15.0 Å². The minimum Gasteiger partial charge on any atom is -0.489 e. The predicted octanol–water partition coefficient (Wildman–Crippen LogP) is 7.27. The number of carbonyl (C=O) groups is 1. The smallest absolute Gasteiger partial charge is 0.226 e. The largest absolute Gasteiger partial charge is 0.489 e. The van der Waals surface area contributed by atoms with E-state index < -0.39 is 0 Å². The Morgan fingerprint density at radius 1 is 0.917 bits per heavy atom. The topological polar surface area (TPSA) is 72.3 Å². The van der Waals surface area contributed by atoms with Crippen molar-refractivity contribution < 1.29 is 13.9 Å². The van der Waals surface area contributed by atoms with Crippen LogP contribution in [0.1, 0.15) is 68.1 Å². The van der Waals surface area contributed by atoms with Crippen LogP contribution in [0, 0.1) is 23.1 Å². The van der Waals surface area contributed by atoms with Crippen LogP contribution >= 0.6 is 0 Å². The van der Waals surface area contributed by atoms with Gasteiger partial charge in [0.2, 0.25) is 5.91 Å². The lowest BCUT2D eigenvalue weighted by atomic mass is 9.63. The first-order chi connectivity index (χ1) is 23.5. The Balaban J connectivity index is 1.12. The molecule has 8 heteroatoms. The summed E-state index contributed by atoms with van der Waals surface area (Å²) in [6, 6.07) is 25.2. The zero-order valence-electron chi connectivity index (χ0n) is 28.3. The van der Waals surface area contributed by atoms with Crippen molar-refractivity contribution >= 4 is 5.91 Å². The molecule has 1 saturated carbocycles. The fourth-order valence-corrected chi connectivity index (χ4v) is 8.05. The normalized spacial score (nSPS) is 17.9. The lowest BCUT2D eigenvalue weighted by Gasteiger charge is -2.48. The highest BCUT2D eigenvalue weighted by Gasteiger charge is 2.43. The number of likely N-dealkylation sites (N-methyl/N-ethyl adjacent to an activating group) is 1. The molecule has 7 nitrogen and oxygen atoms in total. The third kappa shape index (κ3) is 8.90. The molecule has 1 aliphatic heterocycles. The maximum Gasteiger partial charge on any atom is 0.226 e. The lowest BCUT2D eigenvalue weighted by molar-refractivity contribution is -0.139. The van der Waals surface area contributed by atoms with Gasteiger partial charge in [0.25, 0.3) is 0 Å². The summed E-state index contributed by atoms with van der Waals surface area (Å²) in [6.07, 6.45) is 14.0. The van der Waals surface area contributed by atoms with Crippen LogP contribution in [0.25, 0.3) is 0 Å². The average Bonchev–Trinajstić information content (AvgIpc) is 3.65. The number of piperidine rings is 1. The van der Waals surface area contributed by atoms with E-state index in [1.807, 2.05) is 60.5 Å². The van der Waals surface area contributed by atoms with E-state index in [0.717, 1.165) is 55.8 Å². The first-order valence-corrected chi connectivity index (χ1v) is 17.8. The van der Waals surface area contributed by atoms with Crippen molar-refractivity contribution in [3.8, 4) is 5.75 Å². The van der Waals surface area contributed by atoms with E-state index in [4.69, 9.17) is 4.74 Å². The minimum atomic E-state index is -0.256. The molecule has 1 aromatic heterocycles. The molecule has 6 rings (SSSR count). The van der Waals surface area contributed by atoms with Gasteiger partial charge >= 0.3 is 0 Å². The van der Waals surface area contributed by atoms with Crippen molar-refractivity contribution in [3.63, 3.8) is 0 Å². The molecular formula is C40H50FN5O2. The molecular weight excluding hydrogens is 601 g/mol. The molecule has 1 saturated heterocycles. The van der Waals surface area contributed by atoms with Gasteiger partial charge in [-0.2, -0.15) is 5.10 Å². The average molecular weight is 652 g/mol. The number of aromatic nitrogens is 3. The fourth-order valence-electron chi connectivity index (χ4n) is 8.05. The third-order valence-electron chi connectivity index (χ3n) is 10.9. The van der Waals surface area contributed by atoms with Gasteiger partial charge in [0.1, 0.15) is 30.8 Å². The number of halogens is 1. The number of nitrogens with one attached hydrogen (secondary N) is 1. The Morgan fingerprint density at radius 2 is 1.60 bits per heavy atom. The van der Waals surface area contributed by atoms with Crippen molar-refractivity contribution in [3.05, 3.63) is 114 Å². The fraction of sp³-hybridized carbons (Fsp3) is 0.475. The molecule has 48 heavy (non-hydrogen) atoms. The molecule has 2 aliphatic rings. The maximum atomic E-state index is 14.4. The van der Waals surface area contributed by atoms with E-state index in [-0.39, 0.29) is 29.1 Å². The Kier molecular flexibility index (Phi) is 11.5. The van der Waals surface area contributed by atoms with Gasteiger partial charge in [-0.05, 0) is 104 Å². The monoisotopic (exact) mass is 651 g/mol. The van der Waals surface area contributed by atoms with Crippen LogP contribution in [0.4, 0.5) is 4.39 Å². The molecule has 3 aromatic carbocycles. The van der Waals surface area contributed by atoms with E-state index in [1.54, 1.807) is 6.33 Å². The quantitative estimate of drug-likeness (QED) is 0.155. The summed E-state index contributed by atoms with van der Waals surface area (Å²) in [5.74, 6) is 1.24. The van der Waals surface area contributed by atoms with Gasteiger partial charge in [0.05, 0.1) is 0 Å². The summed E-state index contributed by atoms with van der Waals surface area (Å²) in [6.45, 7) is 2.93. The molecule has 1 N–H and O–H groups in total. The van der Waals surface area contributed by atoms with Crippen molar-refractivity contribution in [1.29, 1.82) is 0 Å².